The molecule has 3 rings (SSSR count). The molecule has 0 bridgehead atoms. The highest BCUT2D eigenvalue weighted by Crippen LogP contribution is 2.33. The Morgan fingerprint density at radius 1 is 1.37 bits per heavy atom. The van der Waals surface area contributed by atoms with E-state index < -0.39 is 12.1 Å². The second kappa shape index (κ2) is 9.03. The average molecular weight is 408 g/mol. The predicted molar refractivity (Wildman–Crippen MR) is 93.9 cm³/mol. The number of amides is 1. The summed E-state index contributed by atoms with van der Waals surface area (Å²) in [6.07, 6.45) is -3.84. The van der Waals surface area contributed by atoms with Crippen LogP contribution in [0.5, 0.6) is 0 Å². The topological polar surface area (TPSA) is 70.1 Å². The number of aliphatic carboxylic acids is 1. The Morgan fingerprint density at radius 3 is 2.52 bits per heavy atom. The Balaban J connectivity index is 0.000000321. The number of hydrogen-bond donors (Lipinski definition) is 1. The highest BCUT2D eigenvalue weighted by Gasteiger charge is 2.45. The molecule has 0 aromatic carbocycles. The van der Waals surface area contributed by atoms with Gasteiger partial charge in [-0.3, -0.25) is 4.79 Å². The van der Waals surface area contributed by atoms with Crippen molar-refractivity contribution >= 4 is 23.2 Å². The van der Waals surface area contributed by atoms with E-state index in [1.165, 1.54) is 0 Å². The van der Waals surface area contributed by atoms with Crippen LogP contribution in [-0.4, -0.2) is 78.4 Å². The summed E-state index contributed by atoms with van der Waals surface area (Å²) in [4.78, 5) is 26.1. The molecule has 1 aromatic heterocycles. The van der Waals surface area contributed by atoms with E-state index in [0.717, 1.165) is 38.2 Å². The van der Waals surface area contributed by atoms with E-state index in [9.17, 15) is 18.0 Å². The third-order valence-corrected chi connectivity index (χ3v) is 5.65. The monoisotopic (exact) mass is 408 g/mol. The van der Waals surface area contributed by atoms with Crippen molar-refractivity contribution in [1.29, 1.82) is 0 Å². The van der Waals surface area contributed by atoms with Gasteiger partial charge in [0.25, 0.3) is 5.91 Å². The van der Waals surface area contributed by atoms with E-state index in [4.69, 9.17) is 14.6 Å². The zero-order valence-corrected chi connectivity index (χ0v) is 15.9. The van der Waals surface area contributed by atoms with Gasteiger partial charge in [-0.1, -0.05) is 6.92 Å². The number of hydrogen-bond acceptors (Lipinski definition) is 5. The predicted octanol–water partition coefficient (Wildman–Crippen LogP) is 2.56. The van der Waals surface area contributed by atoms with E-state index in [1.54, 1.807) is 18.4 Å². The van der Waals surface area contributed by atoms with Crippen LogP contribution in [0.3, 0.4) is 0 Å². The molecule has 0 unspecified atom stereocenters. The van der Waals surface area contributed by atoms with Gasteiger partial charge >= 0.3 is 12.1 Å². The molecular formula is C17H23F3N2O4S. The van der Waals surface area contributed by atoms with Crippen molar-refractivity contribution in [3.8, 4) is 0 Å². The number of carboxylic acid groups (broad SMARTS) is 1. The van der Waals surface area contributed by atoms with Gasteiger partial charge in [0.1, 0.15) is 0 Å². The maximum absolute atomic E-state index is 12.7. The molecule has 2 aliphatic rings. The summed E-state index contributed by atoms with van der Waals surface area (Å²) in [6, 6.07) is 2.23. The van der Waals surface area contributed by atoms with Crippen LogP contribution in [0.25, 0.3) is 0 Å². The molecule has 1 amide bonds. The lowest BCUT2D eigenvalue weighted by atomic mass is 9.88. The van der Waals surface area contributed by atoms with Gasteiger partial charge in [-0.15, -0.1) is 0 Å². The minimum Gasteiger partial charge on any atom is -0.475 e. The zero-order valence-electron chi connectivity index (χ0n) is 15.1. The van der Waals surface area contributed by atoms with Crippen molar-refractivity contribution in [2.45, 2.75) is 31.7 Å². The number of methoxy groups -OCH3 is 1. The van der Waals surface area contributed by atoms with Crippen LogP contribution in [0.2, 0.25) is 0 Å². The Labute approximate surface area is 159 Å². The lowest BCUT2D eigenvalue weighted by molar-refractivity contribution is -0.192. The first-order valence-electron chi connectivity index (χ1n) is 8.57. The number of rotatable bonds is 3. The minimum absolute atomic E-state index is 0.189. The third-order valence-electron chi connectivity index (χ3n) is 4.96. The second-order valence-electron chi connectivity index (χ2n) is 6.46. The molecule has 0 aliphatic carbocycles. The highest BCUT2D eigenvalue weighted by atomic mass is 32.1. The molecular weight excluding hydrogens is 385 g/mol. The Bertz CT molecular complexity index is 639. The summed E-state index contributed by atoms with van der Waals surface area (Å²) in [5.74, 6) is -2.11. The molecule has 3 heterocycles. The molecule has 152 valence electrons. The standard InChI is InChI=1S/C15H22N2O2S.C2HF3O2/c1-3-16-8-12-13(9-16)17(6-4-14(12)19-2)15(18)11-5-7-20-10-11;3-2(4,5)1(6)7/h5,7,10,12-14H,3-4,6,8-9H2,1-2H3;(H,6,7)/t12-,13+,14+;/m0./s1. The van der Waals surface area contributed by atoms with Crippen LogP contribution in [0.15, 0.2) is 16.8 Å². The molecule has 0 radical (unpaired) electrons. The Morgan fingerprint density at radius 2 is 2.04 bits per heavy atom. The van der Waals surface area contributed by atoms with Crippen molar-refractivity contribution in [2.75, 3.05) is 33.3 Å². The molecule has 3 atom stereocenters. The van der Waals surface area contributed by atoms with E-state index in [0.29, 0.717) is 18.1 Å². The molecule has 2 saturated heterocycles. The average Bonchev–Trinajstić information content (AvgIpc) is 3.29. The van der Waals surface area contributed by atoms with Crippen LogP contribution >= 0.6 is 11.3 Å². The Kier molecular flexibility index (Phi) is 7.24. The maximum atomic E-state index is 12.7. The van der Waals surface area contributed by atoms with Crippen molar-refractivity contribution in [3.63, 3.8) is 0 Å². The van der Waals surface area contributed by atoms with Gasteiger partial charge in [-0.2, -0.15) is 24.5 Å². The highest BCUT2D eigenvalue weighted by molar-refractivity contribution is 7.08. The normalized spacial score (nSPS) is 25.5. The summed E-state index contributed by atoms with van der Waals surface area (Å²) < 4.78 is 37.4. The van der Waals surface area contributed by atoms with Gasteiger partial charge in [0, 0.05) is 38.0 Å². The van der Waals surface area contributed by atoms with E-state index in [2.05, 4.69) is 16.7 Å². The number of carbonyl (C=O) groups excluding carboxylic acids is 1. The fourth-order valence-corrected chi connectivity index (χ4v) is 4.22. The molecule has 27 heavy (non-hydrogen) atoms. The van der Waals surface area contributed by atoms with Gasteiger partial charge in [0.05, 0.1) is 17.7 Å². The largest absolute Gasteiger partial charge is 0.490 e. The molecule has 0 saturated carbocycles. The van der Waals surface area contributed by atoms with Crippen LogP contribution < -0.4 is 0 Å². The maximum Gasteiger partial charge on any atom is 0.490 e. The van der Waals surface area contributed by atoms with E-state index in [1.807, 2.05) is 16.8 Å². The molecule has 1 N–H and O–H groups in total. The lowest BCUT2D eigenvalue weighted by Crippen LogP contribution is -2.53. The summed E-state index contributed by atoms with van der Waals surface area (Å²) in [5, 5.41) is 11.0. The van der Waals surface area contributed by atoms with Gasteiger partial charge in [0.15, 0.2) is 0 Å². The summed E-state index contributed by atoms with van der Waals surface area (Å²) in [5.41, 5.74) is 0.833. The molecule has 6 nitrogen and oxygen atoms in total. The van der Waals surface area contributed by atoms with Crippen molar-refractivity contribution < 1.29 is 32.6 Å². The third kappa shape index (κ3) is 5.20. The number of fused-ring (bicyclic) bond motifs is 1. The molecule has 2 aliphatic heterocycles. The van der Waals surface area contributed by atoms with Crippen molar-refractivity contribution in [2.24, 2.45) is 5.92 Å². The van der Waals surface area contributed by atoms with Gasteiger partial charge in [0.2, 0.25) is 0 Å². The number of thiophene rings is 1. The molecule has 0 spiro atoms. The minimum atomic E-state index is -5.08. The fraction of sp³-hybridized carbons (Fsp3) is 0.647. The summed E-state index contributed by atoms with van der Waals surface area (Å²) >= 11 is 1.58. The number of likely N-dealkylation sites (tertiary alicyclic amines) is 2. The van der Waals surface area contributed by atoms with Crippen LogP contribution in [0.1, 0.15) is 23.7 Å². The van der Waals surface area contributed by atoms with Crippen LogP contribution in [0.4, 0.5) is 13.2 Å². The zero-order chi connectivity index (χ0) is 20.2. The number of carboxylic acids is 1. The summed E-state index contributed by atoms with van der Waals surface area (Å²) in [7, 11) is 1.80. The number of likely N-dealkylation sites (N-methyl/N-ethyl adjacent to an activating group) is 1. The lowest BCUT2D eigenvalue weighted by Gasteiger charge is -2.41. The number of nitrogens with zero attached hydrogens (tertiary/aromatic N) is 2. The first kappa shape index (κ1) is 21.6. The fourth-order valence-electron chi connectivity index (χ4n) is 3.59. The molecule has 2 fully saturated rings. The van der Waals surface area contributed by atoms with Gasteiger partial charge < -0.3 is 19.6 Å². The van der Waals surface area contributed by atoms with Gasteiger partial charge in [-0.05, 0) is 24.4 Å². The number of halogens is 3. The smallest absolute Gasteiger partial charge is 0.475 e. The van der Waals surface area contributed by atoms with Crippen molar-refractivity contribution in [3.05, 3.63) is 22.4 Å². The second-order valence-corrected chi connectivity index (χ2v) is 7.24. The quantitative estimate of drug-likeness (QED) is 0.833. The number of ether oxygens (including phenoxy) is 1. The van der Waals surface area contributed by atoms with Gasteiger partial charge in [-0.25, -0.2) is 4.79 Å². The Hall–Kier alpha value is -1.65. The molecule has 10 heteroatoms. The first-order valence-corrected chi connectivity index (χ1v) is 9.51. The van der Waals surface area contributed by atoms with E-state index in [-0.39, 0.29) is 5.91 Å². The number of carbonyl (C=O) groups is 2. The summed E-state index contributed by atoms with van der Waals surface area (Å²) in [6.45, 7) is 6.07. The van der Waals surface area contributed by atoms with Crippen molar-refractivity contribution in [1.82, 2.24) is 9.80 Å². The number of alkyl halides is 3. The SMILES string of the molecule is CCN1C[C@H]2[C@@H](C1)N(C(=O)c1ccsc1)CC[C@H]2OC.O=C(O)C(F)(F)F. The van der Waals surface area contributed by atoms with Crippen LogP contribution in [-0.2, 0) is 9.53 Å². The number of piperidine rings is 1. The van der Waals surface area contributed by atoms with Crippen LogP contribution in [0, 0.1) is 5.92 Å². The first-order chi connectivity index (χ1) is 12.7. The molecule has 1 aromatic rings. The van der Waals surface area contributed by atoms with E-state index >= 15 is 0 Å².